The molecule has 0 spiro atoms. The van der Waals surface area contributed by atoms with Crippen LogP contribution in [0.25, 0.3) is 9.88 Å². The number of rotatable bonds is 6. The highest BCUT2D eigenvalue weighted by atomic mass is 32.1. The fourth-order valence-electron chi connectivity index (χ4n) is 3.27. The highest BCUT2D eigenvalue weighted by molar-refractivity contribution is 7.21. The summed E-state index contributed by atoms with van der Waals surface area (Å²) in [5.41, 5.74) is 1.19. The number of piperazine rings is 1. The standard InChI is InChI=1S/C21H22N4O2S2/c26-19(25-12-10-24(11-13-25)16-5-2-1-3-6-16)8-9-22-20(27)18-15-23-21(29-18)17-7-4-14-28-17/h1-7,14-15H,8-13H2,(H,22,27). The first-order valence-electron chi connectivity index (χ1n) is 9.56. The lowest BCUT2D eigenvalue weighted by Crippen LogP contribution is -2.49. The summed E-state index contributed by atoms with van der Waals surface area (Å²) in [6.07, 6.45) is 1.91. The molecule has 0 saturated carbocycles. The van der Waals surface area contributed by atoms with Gasteiger partial charge in [-0.05, 0) is 23.6 Å². The molecule has 6 nitrogen and oxygen atoms in total. The summed E-state index contributed by atoms with van der Waals surface area (Å²) in [5, 5.41) is 5.67. The molecule has 0 atom stereocenters. The topological polar surface area (TPSA) is 65.5 Å². The smallest absolute Gasteiger partial charge is 0.263 e. The molecule has 1 saturated heterocycles. The van der Waals surface area contributed by atoms with Crippen molar-refractivity contribution in [1.82, 2.24) is 15.2 Å². The zero-order chi connectivity index (χ0) is 20.1. The number of carbonyl (C=O) groups is 2. The fraction of sp³-hybridized carbons (Fsp3) is 0.286. The number of thiazole rings is 1. The number of hydrogen-bond donors (Lipinski definition) is 1. The van der Waals surface area contributed by atoms with Crippen molar-refractivity contribution in [2.24, 2.45) is 0 Å². The molecule has 3 aromatic rings. The maximum Gasteiger partial charge on any atom is 0.263 e. The minimum absolute atomic E-state index is 0.0848. The van der Waals surface area contributed by atoms with Crippen molar-refractivity contribution in [2.75, 3.05) is 37.6 Å². The van der Waals surface area contributed by atoms with E-state index in [4.69, 9.17) is 0 Å². The third-order valence-corrected chi connectivity index (χ3v) is 6.87. The molecule has 4 rings (SSSR count). The summed E-state index contributed by atoms with van der Waals surface area (Å²) in [7, 11) is 0. The molecule has 1 aliphatic heterocycles. The van der Waals surface area contributed by atoms with Crippen molar-refractivity contribution in [2.45, 2.75) is 6.42 Å². The van der Waals surface area contributed by atoms with Crippen molar-refractivity contribution in [3.8, 4) is 9.88 Å². The number of carbonyl (C=O) groups excluding carboxylic acids is 2. The van der Waals surface area contributed by atoms with Crippen LogP contribution < -0.4 is 10.2 Å². The fourth-order valence-corrected chi connectivity index (χ4v) is 4.91. The van der Waals surface area contributed by atoms with Gasteiger partial charge in [0.1, 0.15) is 9.88 Å². The number of benzene rings is 1. The van der Waals surface area contributed by atoms with E-state index in [0.29, 0.717) is 30.9 Å². The van der Waals surface area contributed by atoms with Gasteiger partial charge in [0.25, 0.3) is 5.91 Å². The minimum Gasteiger partial charge on any atom is -0.368 e. The molecule has 3 heterocycles. The van der Waals surface area contributed by atoms with Gasteiger partial charge in [-0.1, -0.05) is 24.3 Å². The van der Waals surface area contributed by atoms with E-state index >= 15 is 0 Å². The Kier molecular flexibility index (Phi) is 6.21. The van der Waals surface area contributed by atoms with E-state index < -0.39 is 0 Å². The summed E-state index contributed by atoms with van der Waals surface area (Å²) in [6.45, 7) is 3.41. The summed E-state index contributed by atoms with van der Waals surface area (Å²) in [5.74, 6) is -0.0893. The second kappa shape index (κ2) is 9.19. The van der Waals surface area contributed by atoms with E-state index in [1.54, 1.807) is 17.5 Å². The Morgan fingerprint density at radius 3 is 2.55 bits per heavy atom. The molecule has 2 amide bonds. The number of para-hydroxylation sites is 1. The van der Waals surface area contributed by atoms with E-state index in [9.17, 15) is 9.59 Å². The van der Waals surface area contributed by atoms with Crippen LogP contribution in [0.3, 0.4) is 0 Å². The number of hydrogen-bond acceptors (Lipinski definition) is 6. The summed E-state index contributed by atoms with van der Waals surface area (Å²) in [6, 6.07) is 14.2. The predicted octanol–water partition coefficient (Wildman–Crippen LogP) is 3.34. The van der Waals surface area contributed by atoms with Gasteiger partial charge >= 0.3 is 0 Å². The largest absolute Gasteiger partial charge is 0.368 e. The predicted molar refractivity (Wildman–Crippen MR) is 118 cm³/mol. The Morgan fingerprint density at radius 1 is 1.03 bits per heavy atom. The maximum atomic E-state index is 12.5. The Hall–Kier alpha value is -2.71. The number of aromatic nitrogens is 1. The molecule has 29 heavy (non-hydrogen) atoms. The Bertz CT molecular complexity index is 948. The van der Waals surface area contributed by atoms with E-state index in [0.717, 1.165) is 23.0 Å². The zero-order valence-corrected chi connectivity index (χ0v) is 17.5. The van der Waals surface area contributed by atoms with Crippen LogP contribution in [0.4, 0.5) is 5.69 Å². The van der Waals surface area contributed by atoms with E-state index in [-0.39, 0.29) is 11.8 Å². The number of nitrogens with zero attached hydrogens (tertiary/aromatic N) is 3. The van der Waals surface area contributed by atoms with Crippen molar-refractivity contribution >= 4 is 40.2 Å². The molecule has 0 unspecified atom stereocenters. The van der Waals surface area contributed by atoms with Gasteiger partial charge < -0.3 is 15.1 Å². The highest BCUT2D eigenvalue weighted by Gasteiger charge is 2.21. The van der Waals surface area contributed by atoms with Gasteiger partial charge in [-0.3, -0.25) is 9.59 Å². The van der Waals surface area contributed by atoms with Crippen LogP contribution in [0.5, 0.6) is 0 Å². The Labute approximate surface area is 177 Å². The van der Waals surface area contributed by atoms with Crippen molar-refractivity contribution in [3.63, 3.8) is 0 Å². The molecule has 1 aromatic carbocycles. The molecule has 0 radical (unpaired) electrons. The van der Waals surface area contributed by atoms with Crippen molar-refractivity contribution in [3.05, 3.63) is 58.9 Å². The highest BCUT2D eigenvalue weighted by Crippen LogP contribution is 2.28. The van der Waals surface area contributed by atoms with E-state index in [1.165, 1.54) is 17.0 Å². The van der Waals surface area contributed by atoms with Gasteiger partial charge in [-0.15, -0.1) is 22.7 Å². The first kappa shape index (κ1) is 19.6. The average molecular weight is 427 g/mol. The quantitative estimate of drug-likeness (QED) is 0.657. The first-order chi connectivity index (χ1) is 14.2. The van der Waals surface area contributed by atoms with Crippen LogP contribution in [0.15, 0.2) is 54.0 Å². The number of amides is 2. The monoisotopic (exact) mass is 426 g/mol. The molecule has 2 aromatic heterocycles. The van der Waals surface area contributed by atoms with Crippen LogP contribution in [0.1, 0.15) is 16.1 Å². The first-order valence-corrected chi connectivity index (χ1v) is 11.3. The molecule has 1 aliphatic rings. The number of anilines is 1. The number of nitrogens with one attached hydrogen (secondary N) is 1. The lowest BCUT2D eigenvalue weighted by molar-refractivity contribution is -0.131. The lowest BCUT2D eigenvalue weighted by atomic mass is 10.2. The zero-order valence-electron chi connectivity index (χ0n) is 15.9. The number of thiophene rings is 1. The lowest BCUT2D eigenvalue weighted by Gasteiger charge is -2.36. The molecule has 150 valence electrons. The van der Waals surface area contributed by atoms with E-state index in [1.807, 2.05) is 40.6 Å². The van der Waals surface area contributed by atoms with Crippen LogP contribution in [-0.2, 0) is 4.79 Å². The van der Waals surface area contributed by atoms with Gasteiger partial charge in [-0.25, -0.2) is 4.98 Å². The normalized spacial score (nSPS) is 14.1. The van der Waals surface area contributed by atoms with Crippen LogP contribution in [-0.4, -0.2) is 54.4 Å². The van der Waals surface area contributed by atoms with Crippen molar-refractivity contribution in [1.29, 1.82) is 0 Å². The maximum absolute atomic E-state index is 12.5. The molecule has 0 bridgehead atoms. The molecule has 1 fully saturated rings. The van der Waals surface area contributed by atoms with E-state index in [2.05, 4.69) is 27.3 Å². The molecular formula is C21H22N4O2S2. The van der Waals surface area contributed by atoms with Gasteiger partial charge in [0.2, 0.25) is 5.91 Å². The van der Waals surface area contributed by atoms with Crippen LogP contribution >= 0.6 is 22.7 Å². The summed E-state index contributed by atoms with van der Waals surface area (Å²) >= 11 is 2.97. The Balaban J connectivity index is 1.21. The van der Waals surface area contributed by atoms with Gasteiger partial charge in [-0.2, -0.15) is 0 Å². The third-order valence-electron chi connectivity index (χ3n) is 4.84. The molecule has 0 aliphatic carbocycles. The minimum atomic E-state index is -0.174. The SMILES string of the molecule is O=C(NCCC(=O)N1CCN(c2ccccc2)CC1)c1cnc(-c2cccs2)s1. The average Bonchev–Trinajstić information content (AvgIpc) is 3.46. The van der Waals surface area contributed by atoms with Crippen LogP contribution in [0.2, 0.25) is 0 Å². The summed E-state index contributed by atoms with van der Waals surface area (Å²) in [4.78, 5) is 34.9. The van der Waals surface area contributed by atoms with Gasteiger partial charge in [0.05, 0.1) is 11.1 Å². The van der Waals surface area contributed by atoms with Gasteiger partial charge in [0, 0.05) is 44.8 Å². The third kappa shape index (κ3) is 4.83. The van der Waals surface area contributed by atoms with Gasteiger partial charge in [0.15, 0.2) is 0 Å². The second-order valence-electron chi connectivity index (χ2n) is 6.72. The second-order valence-corrected chi connectivity index (χ2v) is 8.69. The van der Waals surface area contributed by atoms with Crippen molar-refractivity contribution < 1.29 is 9.59 Å². The Morgan fingerprint density at radius 2 is 1.83 bits per heavy atom. The molecular weight excluding hydrogens is 404 g/mol. The molecule has 8 heteroatoms. The van der Waals surface area contributed by atoms with Crippen LogP contribution in [0, 0.1) is 0 Å². The molecule has 1 N–H and O–H groups in total. The summed E-state index contributed by atoms with van der Waals surface area (Å²) < 4.78 is 0.